The molecule has 1 aromatic heterocycles. The van der Waals surface area contributed by atoms with Crippen molar-refractivity contribution in [3.05, 3.63) is 30.1 Å². The quantitative estimate of drug-likeness (QED) is 0.808. The van der Waals surface area contributed by atoms with Gasteiger partial charge in [-0.15, -0.1) is 0 Å². The number of rotatable bonds is 7. The van der Waals surface area contributed by atoms with E-state index in [2.05, 4.69) is 17.2 Å². The zero-order valence-corrected chi connectivity index (χ0v) is 16.3. The van der Waals surface area contributed by atoms with Crippen molar-refractivity contribution in [1.29, 1.82) is 0 Å². The molecule has 0 spiro atoms. The van der Waals surface area contributed by atoms with E-state index in [9.17, 15) is 9.59 Å². The molecule has 1 aliphatic heterocycles. The Balaban J connectivity index is 2.59. The molecule has 2 atom stereocenters. The van der Waals surface area contributed by atoms with Gasteiger partial charge < -0.3 is 10.2 Å². The summed E-state index contributed by atoms with van der Waals surface area (Å²) in [6, 6.07) is 5.32. The number of amides is 3. The highest BCUT2D eigenvalue weighted by Crippen LogP contribution is 2.43. The Bertz CT molecular complexity index is 598. The summed E-state index contributed by atoms with van der Waals surface area (Å²) in [5.74, 6) is 0.717. The summed E-state index contributed by atoms with van der Waals surface area (Å²) in [6.07, 6.45) is 6.72. The molecule has 6 nitrogen and oxygen atoms in total. The van der Waals surface area contributed by atoms with E-state index in [4.69, 9.17) is 0 Å². The number of hydrogen-bond acceptors (Lipinski definition) is 4. The van der Waals surface area contributed by atoms with E-state index in [1.165, 1.54) is 0 Å². The average Bonchev–Trinajstić information content (AvgIpc) is 2.86. The van der Waals surface area contributed by atoms with Gasteiger partial charge in [-0.05, 0) is 43.4 Å². The van der Waals surface area contributed by atoms with Crippen LogP contribution in [0.25, 0.3) is 0 Å². The largest absolute Gasteiger partial charge is 0.341 e. The van der Waals surface area contributed by atoms with Crippen molar-refractivity contribution in [1.82, 2.24) is 20.1 Å². The van der Waals surface area contributed by atoms with Gasteiger partial charge in [-0.25, -0.2) is 4.79 Å². The molecule has 2 unspecified atom stereocenters. The zero-order chi connectivity index (χ0) is 18.4. The fourth-order valence-corrected chi connectivity index (χ4v) is 4.04. The molecule has 0 saturated carbocycles. The van der Waals surface area contributed by atoms with Gasteiger partial charge in [-0.2, -0.15) is 11.8 Å². The van der Waals surface area contributed by atoms with Crippen molar-refractivity contribution < 1.29 is 9.59 Å². The lowest BCUT2D eigenvalue weighted by molar-refractivity contribution is -0.133. The van der Waals surface area contributed by atoms with Crippen LogP contribution in [0.15, 0.2) is 24.4 Å². The van der Waals surface area contributed by atoms with E-state index in [1.807, 2.05) is 24.5 Å². The van der Waals surface area contributed by atoms with Crippen LogP contribution in [0.2, 0.25) is 0 Å². The summed E-state index contributed by atoms with van der Waals surface area (Å²) in [7, 11) is 3.40. The van der Waals surface area contributed by atoms with Crippen LogP contribution < -0.4 is 5.32 Å². The number of carbonyl (C=O) groups excluding carboxylic acids is 2. The molecule has 0 bridgehead atoms. The first-order chi connectivity index (χ1) is 12.0. The topological polar surface area (TPSA) is 65.5 Å². The Kier molecular flexibility index (Phi) is 6.70. The van der Waals surface area contributed by atoms with Crippen LogP contribution in [0.5, 0.6) is 0 Å². The lowest BCUT2D eigenvalue weighted by Gasteiger charge is -2.37. The van der Waals surface area contributed by atoms with Gasteiger partial charge in [0.05, 0.1) is 5.69 Å². The maximum Gasteiger partial charge on any atom is 0.320 e. The lowest BCUT2D eigenvalue weighted by atomic mass is 9.89. The van der Waals surface area contributed by atoms with E-state index >= 15 is 0 Å². The van der Waals surface area contributed by atoms with Crippen LogP contribution in [-0.2, 0) is 10.3 Å². The second-order valence-electron chi connectivity index (χ2n) is 6.28. The predicted octanol–water partition coefficient (Wildman–Crippen LogP) is 2.66. The Labute approximate surface area is 154 Å². The van der Waals surface area contributed by atoms with Gasteiger partial charge in [-0.1, -0.05) is 19.4 Å². The third-order valence-electron chi connectivity index (χ3n) is 4.84. The van der Waals surface area contributed by atoms with Gasteiger partial charge >= 0.3 is 6.03 Å². The van der Waals surface area contributed by atoms with E-state index in [-0.39, 0.29) is 18.1 Å². The van der Waals surface area contributed by atoms with Gasteiger partial charge in [0.15, 0.2) is 5.54 Å². The number of nitrogens with one attached hydrogen (secondary N) is 1. The number of urea groups is 1. The Morgan fingerprint density at radius 3 is 2.76 bits per heavy atom. The molecule has 1 aliphatic rings. The minimum absolute atomic E-state index is 0.0510. The third kappa shape index (κ3) is 3.47. The van der Waals surface area contributed by atoms with Crippen LogP contribution in [-0.4, -0.2) is 59.0 Å². The standard InChI is InChI=1S/C18H28N4O2S/c1-5-6-10-15-21(3)16(23)18(11-13-25-4,22(15)17(24)19-2)14-9-7-8-12-20-14/h7-9,12,15H,5-6,10-11,13H2,1-4H3,(H,19,24). The monoisotopic (exact) mass is 364 g/mol. The minimum Gasteiger partial charge on any atom is -0.341 e. The molecule has 0 radical (unpaired) electrons. The van der Waals surface area contributed by atoms with Crippen molar-refractivity contribution in [2.45, 2.75) is 44.3 Å². The average molecular weight is 365 g/mol. The van der Waals surface area contributed by atoms with E-state index in [0.717, 1.165) is 25.0 Å². The normalized spacial score (nSPS) is 23.2. The van der Waals surface area contributed by atoms with Crippen LogP contribution in [0.3, 0.4) is 0 Å². The van der Waals surface area contributed by atoms with E-state index in [0.29, 0.717) is 12.1 Å². The molecule has 0 aliphatic carbocycles. The summed E-state index contributed by atoms with van der Waals surface area (Å²) in [6.45, 7) is 2.11. The number of unbranched alkanes of at least 4 members (excludes halogenated alkanes) is 1. The molecule has 1 fully saturated rings. The maximum atomic E-state index is 13.4. The first-order valence-corrected chi connectivity index (χ1v) is 10.1. The molecular formula is C18H28N4O2S. The molecule has 7 heteroatoms. The summed E-state index contributed by atoms with van der Waals surface area (Å²) < 4.78 is 0. The molecule has 1 saturated heterocycles. The molecule has 2 rings (SSSR count). The number of thioether (sulfide) groups is 1. The Morgan fingerprint density at radius 2 is 2.20 bits per heavy atom. The first-order valence-electron chi connectivity index (χ1n) is 8.73. The Morgan fingerprint density at radius 1 is 1.44 bits per heavy atom. The second kappa shape index (κ2) is 8.56. The van der Waals surface area contributed by atoms with Crippen LogP contribution in [0.1, 0.15) is 38.3 Å². The fraction of sp³-hybridized carbons (Fsp3) is 0.611. The predicted molar refractivity (Wildman–Crippen MR) is 101 cm³/mol. The fourth-order valence-electron chi connectivity index (χ4n) is 3.54. The van der Waals surface area contributed by atoms with Gasteiger partial charge in [0, 0.05) is 20.3 Å². The lowest BCUT2D eigenvalue weighted by Crippen LogP contribution is -2.55. The van der Waals surface area contributed by atoms with Gasteiger partial charge in [0.1, 0.15) is 6.17 Å². The first kappa shape index (κ1) is 19.6. The van der Waals surface area contributed by atoms with Gasteiger partial charge in [-0.3, -0.25) is 14.7 Å². The molecule has 25 heavy (non-hydrogen) atoms. The van der Waals surface area contributed by atoms with Crippen molar-refractivity contribution in [2.24, 2.45) is 0 Å². The van der Waals surface area contributed by atoms with Crippen LogP contribution in [0, 0.1) is 0 Å². The molecule has 0 aromatic carbocycles. The molecule has 2 heterocycles. The minimum atomic E-state index is -1.04. The smallest absolute Gasteiger partial charge is 0.320 e. The maximum absolute atomic E-state index is 13.4. The van der Waals surface area contributed by atoms with Gasteiger partial charge in [0.25, 0.3) is 5.91 Å². The summed E-state index contributed by atoms with van der Waals surface area (Å²) >= 11 is 1.67. The molecule has 1 N–H and O–H groups in total. The highest BCUT2D eigenvalue weighted by Gasteiger charge is 2.59. The highest BCUT2D eigenvalue weighted by atomic mass is 32.2. The number of likely N-dealkylation sites (N-methyl/N-ethyl adjacent to an activating group) is 1. The Hall–Kier alpha value is -1.76. The van der Waals surface area contributed by atoms with E-state index in [1.54, 1.807) is 41.9 Å². The van der Waals surface area contributed by atoms with Crippen molar-refractivity contribution >= 4 is 23.7 Å². The second-order valence-corrected chi connectivity index (χ2v) is 7.27. The molecule has 3 amide bonds. The number of carbonyl (C=O) groups is 2. The van der Waals surface area contributed by atoms with E-state index < -0.39 is 5.54 Å². The summed E-state index contributed by atoms with van der Waals surface area (Å²) in [5, 5.41) is 2.73. The highest BCUT2D eigenvalue weighted by molar-refractivity contribution is 7.98. The van der Waals surface area contributed by atoms with Crippen molar-refractivity contribution in [2.75, 3.05) is 26.1 Å². The van der Waals surface area contributed by atoms with Crippen LogP contribution >= 0.6 is 11.8 Å². The van der Waals surface area contributed by atoms with Gasteiger partial charge in [0.2, 0.25) is 0 Å². The summed E-state index contributed by atoms with van der Waals surface area (Å²) in [5.41, 5.74) is -0.402. The number of nitrogens with zero attached hydrogens (tertiary/aromatic N) is 3. The third-order valence-corrected chi connectivity index (χ3v) is 5.45. The number of aromatic nitrogens is 1. The SMILES string of the molecule is CCCCC1N(C)C(=O)C(CCSC)(c2ccccn2)N1C(=O)NC. The summed E-state index contributed by atoms with van der Waals surface area (Å²) in [4.78, 5) is 34.1. The van der Waals surface area contributed by atoms with Crippen LogP contribution in [0.4, 0.5) is 4.79 Å². The number of hydrogen-bond donors (Lipinski definition) is 1. The molecule has 1 aromatic rings. The van der Waals surface area contributed by atoms with Crippen molar-refractivity contribution in [3.8, 4) is 0 Å². The van der Waals surface area contributed by atoms with Crippen molar-refractivity contribution in [3.63, 3.8) is 0 Å². The molecule has 138 valence electrons. The molecular weight excluding hydrogens is 336 g/mol. The number of pyridine rings is 1. The zero-order valence-electron chi connectivity index (χ0n) is 15.5.